The molecule has 0 heterocycles. The first-order chi connectivity index (χ1) is 6.24. The Morgan fingerprint density at radius 2 is 1.64 bits per heavy atom. The van der Waals surface area contributed by atoms with Gasteiger partial charge in [0.2, 0.25) is 0 Å². The third-order valence-corrected chi connectivity index (χ3v) is 2.29. The number of aliphatic carboxylic acids is 2. The number of hydrogen-bond donors (Lipinski definition) is 2. The Morgan fingerprint density at radius 3 is 1.93 bits per heavy atom. The van der Waals surface area contributed by atoms with E-state index in [1.807, 2.05) is 19.6 Å². The highest BCUT2D eigenvalue weighted by Crippen LogP contribution is 2.03. The van der Waals surface area contributed by atoms with E-state index in [1.165, 1.54) is 0 Å². The maximum Gasteiger partial charge on any atom is 0.318 e. The summed E-state index contributed by atoms with van der Waals surface area (Å²) in [4.78, 5) is 20.9. The van der Waals surface area contributed by atoms with Gasteiger partial charge in [0, 0.05) is 6.42 Å². The molecule has 0 amide bonds. The van der Waals surface area contributed by atoms with Crippen LogP contribution in [0.3, 0.4) is 0 Å². The second kappa shape index (κ2) is 4.82. The molecule has 14 heavy (non-hydrogen) atoms. The smallest absolute Gasteiger partial charge is 0.318 e. The molecule has 0 atom stereocenters. The molecule has 4 nitrogen and oxygen atoms in total. The van der Waals surface area contributed by atoms with Crippen LogP contribution in [0.1, 0.15) is 6.42 Å². The number of rotatable bonds is 3. The first kappa shape index (κ1) is 12.7. The highest BCUT2D eigenvalue weighted by atomic mass is 28.3. The van der Waals surface area contributed by atoms with Crippen LogP contribution in [0.15, 0.2) is 0 Å². The summed E-state index contributed by atoms with van der Waals surface area (Å²) in [7, 11) is -1.54. The summed E-state index contributed by atoms with van der Waals surface area (Å²) in [5.74, 6) is -1.43. The molecule has 0 aromatic heterocycles. The number of carboxylic acid groups (broad SMARTS) is 2. The van der Waals surface area contributed by atoms with Crippen LogP contribution in [-0.2, 0) is 9.59 Å². The summed E-state index contributed by atoms with van der Waals surface area (Å²) in [5.41, 5.74) is 2.92. The summed E-state index contributed by atoms with van der Waals surface area (Å²) in [6, 6.07) is 0. The number of carbonyl (C=O) groups is 2. The normalized spacial score (nSPS) is 10.6. The molecular weight excluding hydrogens is 200 g/mol. The van der Waals surface area contributed by atoms with Crippen molar-refractivity contribution in [3.05, 3.63) is 0 Å². The van der Waals surface area contributed by atoms with Gasteiger partial charge in [0.15, 0.2) is 5.92 Å². The van der Waals surface area contributed by atoms with Crippen LogP contribution in [0.2, 0.25) is 19.6 Å². The lowest BCUT2D eigenvalue weighted by Gasteiger charge is -2.05. The van der Waals surface area contributed by atoms with Gasteiger partial charge in [0.25, 0.3) is 0 Å². The van der Waals surface area contributed by atoms with Crippen LogP contribution < -0.4 is 0 Å². The molecule has 0 aliphatic carbocycles. The molecule has 0 aliphatic rings. The molecular formula is C9H14O4Si. The third-order valence-electron chi connectivity index (χ3n) is 1.37. The van der Waals surface area contributed by atoms with Gasteiger partial charge >= 0.3 is 11.9 Å². The topological polar surface area (TPSA) is 74.6 Å². The molecule has 0 rings (SSSR count). The molecule has 0 spiro atoms. The SMILES string of the molecule is C[Si](C)(C)C#CCC(C(=O)O)C(=O)O. The fourth-order valence-electron chi connectivity index (χ4n) is 0.699. The van der Waals surface area contributed by atoms with E-state index in [1.54, 1.807) is 0 Å². The predicted octanol–water partition coefficient (Wildman–Crippen LogP) is 1.04. The van der Waals surface area contributed by atoms with Crippen LogP contribution in [0.4, 0.5) is 0 Å². The van der Waals surface area contributed by atoms with E-state index in [-0.39, 0.29) is 6.42 Å². The lowest BCUT2D eigenvalue weighted by atomic mass is 10.1. The van der Waals surface area contributed by atoms with Crippen molar-refractivity contribution in [1.29, 1.82) is 0 Å². The van der Waals surface area contributed by atoms with E-state index in [4.69, 9.17) is 10.2 Å². The predicted molar refractivity (Wildman–Crippen MR) is 54.5 cm³/mol. The monoisotopic (exact) mass is 214 g/mol. The van der Waals surface area contributed by atoms with Crippen LogP contribution in [-0.4, -0.2) is 30.2 Å². The Hall–Kier alpha value is -1.28. The van der Waals surface area contributed by atoms with Gasteiger partial charge in [-0.1, -0.05) is 19.6 Å². The van der Waals surface area contributed by atoms with Gasteiger partial charge in [0.05, 0.1) is 0 Å². The van der Waals surface area contributed by atoms with Crippen molar-refractivity contribution >= 4 is 20.0 Å². The lowest BCUT2D eigenvalue weighted by molar-refractivity contribution is -0.154. The molecule has 78 valence electrons. The van der Waals surface area contributed by atoms with Gasteiger partial charge in [-0.2, -0.15) is 0 Å². The molecule has 0 bridgehead atoms. The second-order valence-corrected chi connectivity index (χ2v) is 8.73. The molecule has 0 fully saturated rings. The van der Waals surface area contributed by atoms with Gasteiger partial charge in [0.1, 0.15) is 8.07 Å². The molecule has 0 radical (unpaired) electrons. The number of carboxylic acids is 2. The second-order valence-electron chi connectivity index (χ2n) is 3.98. The van der Waals surface area contributed by atoms with Gasteiger partial charge in [-0.25, -0.2) is 0 Å². The Balaban J connectivity index is 4.40. The van der Waals surface area contributed by atoms with E-state index >= 15 is 0 Å². The Morgan fingerprint density at radius 1 is 1.21 bits per heavy atom. The molecule has 2 N–H and O–H groups in total. The van der Waals surface area contributed by atoms with E-state index in [0.29, 0.717) is 0 Å². The summed E-state index contributed by atoms with van der Waals surface area (Å²) >= 11 is 0. The Labute approximate surface area is 84.0 Å². The minimum absolute atomic E-state index is 0.116. The third kappa shape index (κ3) is 5.38. The summed E-state index contributed by atoms with van der Waals surface area (Å²) < 4.78 is 0. The summed E-state index contributed by atoms with van der Waals surface area (Å²) in [6.45, 7) is 6.03. The highest BCUT2D eigenvalue weighted by molar-refractivity contribution is 6.83. The quantitative estimate of drug-likeness (QED) is 0.418. The van der Waals surface area contributed by atoms with Gasteiger partial charge in [-0.05, 0) is 0 Å². The molecule has 5 heteroatoms. The van der Waals surface area contributed by atoms with Gasteiger partial charge < -0.3 is 10.2 Å². The average molecular weight is 214 g/mol. The average Bonchev–Trinajstić information content (AvgIpc) is 1.94. The first-order valence-electron chi connectivity index (χ1n) is 4.19. The summed E-state index contributed by atoms with van der Waals surface area (Å²) in [6.07, 6.45) is -0.116. The van der Waals surface area contributed by atoms with Crippen molar-refractivity contribution in [2.75, 3.05) is 0 Å². The zero-order valence-electron chi connectivity index (χ0n) is 8.50. The van der Waals surface area contributed by atoms with Gasteiger partial charge in [-0.3, -0.25) is 9.59 Å². The largest absolute Gasteiger partial charge is 0.481 e. The Kier molecular flexibility index (Phi) is 4.37. The molecule has 0 saturated heterocycles. The zero-order chi connectivity index (χ0) is 11.4. The fourth-order valence-corrected chi connectivity index (χ4v) is 1.33. The minimum Gasteiger partial charge on any atom is -0.481 e. The van der Waals surface area contributed by atoms with E-state index in [2.05, 4.69) is 11.5 Å². The molecule has 0 unspecified atom stereocenters. The van der Waals surface area contributed by atoms with Gasteiger partial charge in [-0.15, -0.1) is 11.5 Å². The fraction of sp³-hybridized carbons (Fsp3) is 0.556. The Bertz CT molecular complexity index is 278. The maximum absolute atomic E-state index is 10.5. The number of hydrogen-bond acceptors (Lipinski definition) is 2. The van der Waals surface area contributed by atoms with Crippen molar-refractivity contribution < 1.29 is 19.8 Å². The standard InChI is InChI=1S/C9H14O4Si/c1-14(2,3)6-4-5-7(8(10)11)9(12)13/h7H,5H2,1-3H3,(H,10,11)(H,12,13). The molecule has 0 saturated carbocycles. The van der Waals surface area contributed by atoms with Crippen molar-refractivity contribution in [2.45, 2.75) is 26.1 Å². The van der Waals surface area contributed by atoms with Crippen LogP contribution in [0.5, 0.6) is 0 Å². The van der Waals surface area contributed by atoms with Crippen molar-refractivity contribution in [1.82, 2.24) is 0 Å². The van der Waals surface area contributed by atoms with Crippen LogP contribution in [0, 0.1) is 17.4 Å². The van der Waals surface area contributed by atoms with E-state index < -0.39 is 25.9 Å². The maximum atomic E-state index is 10.5. The first-order valence-corrected chi connectivity index (χ1v) is 7.69. The summed E-state index contributed by atoms with van der Waals surface area (Å²) in [5, 5.41) is 17.1. The minimum atomic E-state index is -1.54. The molecule has 0 aromatic rings. The van der Waals surface area contributed by atoms with Crippen molar-refractivity contribution in [2.24, 2.45) is 5.92 Å². The van der Waals surface area contributed by atoms with Crippen LogP contribution >= 0.6 is 0 Å². The zero-order valence-corrected chi connectivity index (χ0v) is 9.50. The van der Waals surface area contributed by atoms with E-state index in [0.717, 1.165) is 0 Å². The van der Waals surface area contributed by atoms with Crippen molar-refractivity contribution in [3.8, 4) is 11.5 Å². The molecule has 0 aliphatic heterocycles. The van der Waals surface area contributed by atoms with E-state index in [9.17, 15) is 9.59 Å². The van der Waals surface area contributed by atoms with Crippen molar-refractivity contribution in [3.63, 3.8) is 0 Å². The lowest BCUT2D eigenvalue weighted by Crippen LogP contribution is -2.23. The van der Waals surface area contributed by atoms with Crippen LogP contribution in [0.25, 0.3) is 0 Å². The molecule has 0 aromatic carbocycles. The highest BCUT2D eigenvalue weighted by Gasteiger charge is 2.24.